The summed E-state index contributed by atoms with van der Waals surface area (Å²) >= 11 is 0. The van der Waals surface area contributed by atoms with Gasteiger partial charge in [0, 0.05) is 5.41 Å². The SMILES string of the molecule is OC12c3ccccc3CCCCC13C1CCCC3C2CC1. The molecule has 5 rings (SSSR count). The van der Waals surface area contributed by atoms with E-state index in [1.165, 1.54) is 62.5 Å². The number of benzene rings is 1. The first kappa shape index (κ1) is 12.7. The molecule has 1 aromatic carbocycles. The van der Waals surface area contributed by atoms with E-state index in [1.807, 2.05) is 0 Å². The molecule has 0 saturated heterocycles. The van der Waals surface area contributed by atoms with Gasteiger partial charge in [-0.3, -0.25) is 0 Å². The first-order chi connectivity index (χ1) is 10.3. The second-order valence-corrected chi connectivity index (χ2v) is 8.09. The summed E-state index contributed by atoms with van der Waals surface area (Å²) in [5.74, 6) is 2.16. The molecule has 0 radical (unpaired) electrons. The third-order valence-electron chi connectivity index (χ3n) is 7.73. The van der Waals surface area contributed by atoms with Crippen LogP contribution in [0.3, 0.4) is 0 Å². The molecule has 1 N–H and O–H groups in total. The molecular formula is C20H26O. The topological polar surface area (TPSA) is 20.2 Å². The summed E-state index contributed by atoms with van der Waals surface area (Å²) in [6, 6.07) is 8.83. The Morgan fingerprint density at radius 3 is 2.71 bits per heavy atom. The van der Waals surface area contributed by atoms with Gasteiger partial charge in [-0.25, -0.2) is 0 Å². The van der Waals surface area contributed by atoms with Gasteiger partial charge in [0.1, 0.15) is 0 Å². The van der Waals surface area contributed by atoms with E-state index < -0.39 is 5.60 Å². The van der Waals surface area contributed by atoms with Crippen LogP contribution in [0.1, 0.15) is 62.5 Å². The molecule has 4 bridgehead atoms. The maximum atomic E-state index is 12.0. The summed E-state index contributed by atoms with van der Waals surface area (Å²) in [5.41, 5.74) is 2.51. The maximum Gasteiger partial charge on any atom is 0.0991 e. The van der Waals surface area contributed by atoms with E-state index in [9.17, 15) is 5.11 Å². The molecule has 3 saturated carbocycles. The molecule has 5 atom stereocenters. The predicted molar refractivity (Wildman–Crippen MR) is 83.9 cm³/mol. The van der Waals surface area contributed by atoms with Crippen molar-refractivity contribution < 1.29 is 5.11 Å². The number of fused-ring (bicyclic) bond motifs is 3. The average Bonchev–Trinajstić information content (AvgIpc) is 2.50. The van der Waals surface area contributed by atoms with Crippen LogP contribution in [0.15, 0.2) is 24.3 Å². The van der Waals surface area contributed by atoms with Crippen molar-refractivity contribution in [2.75, 3.05) is 0 Å². The average molecular weight is 282 g/mol. The lowest BCUT2D eigenvalue weighted by atomic mass is 9.30. The van der Waals surface area contributed by atoms with Crippen LogP contribution in [0.4, 0.5) is 0 Å². The van der Waals surface area contributed by atoms with E-state index >= 15 is 0 Å². The van der Waals surface area contributed by atoms with E-state index in [-0.39, 0.29) is 5.41 Å². The van der Waals surface area contributed by atoms with Crippen LogP contribution in [0.2, 0.25) is 0 Å². The van der Waals surface area contributed by atoms with Gasteiger partial charge in [0.2, 0.25) is 0 Å². The summed E-state index contributed by atoms with van der Waals surface area (Å²) in [4.78, 5) is 0. The van der Waals surface area contributed by atoms with Crippen LogP contribution in [0.5, 0.6) is 0 Å². The van der Waals surface area contributed by atoms with E-state index in [2.05, 4.69) is 24.3 Å². The van der Waals surface area contributed by atoms with Gasteiger partial charge >= 0.3 is 0 Å². The predicted octanol–water partition coefficient (Wildman–Crippen LogP) is 4.43. The Labute approximate surface area is 127 Å². The monoisotopic (exact) mass is 282 g/mol. The van der Waals surface area contributed by atoms with Crippen LogP contribution in [0.25, 0.3) is 0 Å². The van der Waals surface area contributed by atoms with Crippen molar-refractivity contribution in [3.8, 4) is 0 Å². The molecule has 1 spiro atoms. The fourth-order valence-electron chi connectivity index (χ4n) is 7.16. The molecule has 112 valence electrons. The minimum absolute atomic E-state index is 0.241. The molecule has 21 heavy (non-hydrogen) atoms. The first-order valence-corrected chi connectivity index (χ1v) is 9.09. The molecule has 4 aliphatic carbocycles. The Hall–Kier alpha value is -0.820. The molecule has 1 nitrogen and oxygen atoms in total. The highest BCUT2D eigenvalue weighted by Gasteiger charge is 2.76. The maximum absolute atomic E-state index is 12.0. The summed E-state index contributed by atoms with van der Waals surface area (Å²) in [7, 11) is 0. The molecule has 1 heteroatoms. The van der Waals surface area contributed by atoms with Gasteiger partial charge in [-0.2, -0.15) is 0 Å². The summed E-state index contributed by atoms with van der Waals surface area (Å²) < 4.78 is 0. The van der Waals surface area contributed by atoms with Crippen molar-refractivity contribution in [2.24, 2.45) is 23.2 Å². The second kappa shape index (κ2) is 4.13. The number of hydrogen-bond acceptors (Lipinski definition) is 1. The lowest BCUT2D eigenvalue weighted by molar-refractivity contribution is -0.341. The standard InChI is InChI=1S/C20H26O/c21-20-16-9-2-1-6-14(16)7-3-4-13-19(20)15-8-5-10-17(19)18(20)12-11-15/h1-2,6,9,15,17-18,21H,3-5,7-8,10-13H2. The molecule has 0 heterocycles. The smallest absolute Gasteiger partial charge is 0.0991 e. The molecule has 0 aliphatic heterocycles. The van der Waals surface area contributed by atoms with Crippen LogP contribution in [-0.4, -0.2) is 5.11 Å². The Balaban J connectivity index is 1.73. The first-order valence-electron chi connectivity index (χ1n) is 9.09. The molecule has 4 aliphatic rings. The molecule has 0 aromatic heterocycles. The van der Waals surface area contributed by atoms with Gasteiger partial charge in [0.05, 0.1) is 5.60 Å². The zero-order valence-corrected chi connectivity index (χ0v) is 12.9. The normalized spacial score (nSPS) is 47.4. The number of rotatable bonds is 0. The lowest BCUT2D eigenvalue weighted by Crippen LogP contribution is -2.75. The third-order valence-corrected chi connectivity index (χ3v) is 7.73. The van der Waals surface area contributed by atoms with Crippen molar-refractivity contribution in [1.82, 2.24) is 0 Å². The van der Waals surface area contributed by atoms with Gasteiger partial charge < -0.3 is 5.11 Å². The molecule has 1 aromatic rings. The quantitative estimate of drug-likeness (QED) is 0.746. The van der Waals surface area contributed by atoms with Crippen molar-refractivity contribution in [1.29, 1.82) is 0 Å². The second-order valence-electron chi connectivity index (χ2n) is 8.09. The minimum Gasteiger partial charge on any atom is -0.384 e. The van der Waals surface area contributed by atoms with Crippen molar-refractivity contribution in [3.63, 3.8) is 0 Å². The fraction of sp³-hybridized carbons (Fsp3) is 0.700. The highest BCUT2D eigenvalue weighted by atomic mass is 16.3. The Morgan fingerprint density at radius 1 is 0.905 bits per heavy atom. The number of aryl methyl sites for hydroxylation is 1. The Bertz CT molecular complexity index is 568. The largest absolute Gasteiger partial charge is 0.384 e. The van der Waals surface area contributed by atoms with Gasteiger partial charge in [-0.15, -0.1) is 0 Å². The Morgan fingerprint density at radius 2 is 1.81 bits per heavy atom. The van der Waals surface area contributed by atoms with Crippen LogP contribution >= 0.6 is 0 Å². The van der Waals surface area contributed by atoms with Gasteiger partial charge in [-0.1, -0.05) is 37.1 Å². The third kappa shape index (κ3) is 1.29. The van der Waals surface area contributed by atoms with Crippen molar-refractivity contribution in [3.05, 3.63) is 35.4 Å². The van der Waals surface area contributed by atoms with Crippen LogP contribution < -0.4 is 0 Å². The highest BCUT2D eigenvalue weighted by molar-refractivity contribution is 5.42. The number of hydrogen-bond donors (Lipinski definition) is 1. The van der Waals surface area contributed by atoms with Crippen LogP contribution in [-0.2, 0) is 12.0 Å². The van der Waals surface area contributed by atoms with Crippen molar-refractivity contribution >= 4 is 0 Å². The summed E-state index contributed by atoms with van der Waals surface area (Å²) in [5, 5.41) is 12.0. The summed E-state index contributed by atoms with van der Waals surface area (Å²) in [6.45, 7) is 0. The van der Waals surface area contributed by atoms with E-state index in [0.29, 0.717) is 5.92 Å². The van der Waals surface area contributed by atoms with E-state index in [4.69, 9.17) is 0 Å². The zero-order chi connectivity index (χ0) is 14.1. The van der Waals surface area contributed by atoms with Gasteiger partial charge in [0.15, 0.2) is 0 Å². The lowest BCUT2D eigenvalue weighted by Gasteiger charge is -2.76. The van der Waals surface area contributed by atoms with Gasteiger partial charge in [0.25, 0.3) is 0 Å². The molecule has 0 amide bonds. The van der Waals surface area contributed by atoms with Crippen LogP contribution in [0, 0.1) is 23.2 Å². The molecule has 3 fully saturated rings. The van der Waals surface area contributed by atoms with Crippen molar-refractivity contribution in [2.45, 2.75) is 63.4 Å². The fourth-order valence-corrected chi connectivity index (χ4v) is 7.16. The number of aliphatic hydroxyl groups is 1. The summed E-state index contributed by atoms with van der Waals surface area (Å²) in [6.07, 6.45) is 11.9. The molecule has 5 unspecified atom stereocenters. The zero-order valence-electron chi connectivity index (χ0n) is 12.9. The minimum atomic E-state index is -0.488. The van der Waals surface area contributed by atoms with Gasteiger partial charge in [-0.05, 0) is 73.8 Å². The van der Waals surface area contributed by atoms with E-state index in [1.54, 1.807) is 0 Å². The Kier molecular flexibility index (Phi) is 2.50. The highest BCUT2D eigenvalue weighted by Crippen LogP contribution is 2.78. The molecular weight excluding hydrogens is 256 g/mol. The van der Waals surface area contributed by atoms with E-state index in [0.717, 1.165) is 18.3 Å².